The molecule has 1 heterocycles. The first-order chi connectivity index (χ1) is 13.7. The molecule has 2 N–H and O–H groups in total. The lowest BCUT2D eigenvalue weighted by Crippen LogP contribution is -2.31. The standard InChI is InChI=1S/C22H26N4O2/c1-3-28-20-12-8-7-11-19(20)25-22(27)23-14-13-21-24-15-17(2)26(21)16-18-9-5-4-6-10-18/h4-12,15H,3,13-14,16H2,1-2H3,(H2,23,25,27). The summed E-state index contributed by atoms with van der Waals surface area (Å²) in [4.78, 5) is 16.7. The summed E-state index contributed by atoms with van der Waals surface area (Å²) >= 11 is 0. The summed E-state index contributed by atoms with van der Waals surface area (Å²) in [5, 5.41) is 5.73. The molecule has 2 aromatic carbocycles. The SMILES string of the molecule is CCOc1ccccc1NC(=O)NCCc1ncc(C)n1Cc1ccccc1. The van der Waals surface area contributed by atoms with Gasteiger partial charge in [-0.1, -0.05) is 42.5 Å². The van der Waals surface area contributed by atoms with E-state index in [1.54, 1.807) is 0 Å². The van der Waals surface area contributed by atoms with Gasteiger partial charge in [0, 0.05) is 31.4 Å². The van der Waals surface area contributed by atoms with Crippen molar-refractivity contribution in [3.63, 3.8) is 0 Å². The number of urea groups is 1. The molecule has 0 radical (unpaired) electrons. The van der Waals surface area contributed by atoms with Crippen molar-refractivity contribution >= 4 is 11.7 Å². The van der Waals surface area contributed by atoms with Crippen molar-refractivity contribution in [1.29, 1.82) is 0 Å². The van der Waals surface area contributed by atoms with Crippen LogP contribution in [0.25, 0.3) is 0 Å². The molecular weight excluding hydrogens is 352 g/mol. The largest absolute Gasteiger partial charge is 0.492 e. The molecule has 6 heteroatoms. The number of nitrogens with zero attached hydrogens (tertiary/aromatic N) is 2. The lowest BCUT2D eigenvalue weighted by molar-refractivity contribution is 0.252. The average molecular weight is 378 g/mol. The third-order valence-corrected chi connectivity index (χ3v) is 4.39. The summed E-state index contributed by atoms with van der Waals surface area (Å²) in [6.45, 7) is 5.77. The first-order valence-electron chi connectivity index (χ1n) is 9.49. The maximum atomic E-state index is 12.2. The Bertz CT molecular complexity index is 906. The van der Waals surface area contributed by atoms with Gasteiger partial charge in [0.25, 0.3) is 0 Å². The highest BCUT2D eigenvalue weighted by atomic mass is 16.5. The minimum Gasteiger partial charge on any atom is -0.492 e. The Morgan fingerprint density at radius 1 is 1.11 bits per heavy atom. The minimum absolute atomic E-state index is 0.259. The molecule has 0 spiro atoms. The fourth-order valence-corrected chi connectivity index (χ4v) is 3.00. The molecule has 0 aliphatic rings. The number of carbonyl (C=O) groups excluding carboxylic acids is 1. The molecule has 0 fully saturated rings. The van der Waals surface area contributed by atoms with Crippen molar-refractivity contribution in [3.8, 4) is 5.75 Å². The van der Waals surface area contributed by atoms with Crippen LogP contribution < -0.4 is 15.4 Å². The van der Waals surface area contributed by atoms with E-state index in [1.165, 1.54) is 5.56 Å². The van der Waals surface area contributed by atoms with Crippen molar-refractivity contribution < 1.29 is 9.53 Å². The summed E-state index contributed by atoms with van der Waals surface area (Å²) in [7, 11) is 0. The van der Waals surface area contributed by atoms with E-state index in [-0.39, 0.29) is 6.03 Å². The normalized spacial score (nSPS) is 10.5. The van der Waals surface area contributed by atoms with E-state index in [0.717, 1.165) is 18.1 Å². The van der Waals surface area contributed by atoms with Crippen LogP contribution in [-0.4, -0.2) is 28.7 Å². The van der Waals surface area contributed by atoms with E-state index in [4.69, 9.17) is 4.74 Å². The van der Waals surface area contributed by atoms with Crippen molar-refractivity contribution in [1.82, 2.24) is 14.9 Å². The van der Waals surface area contributed by atoms with Crippen molar-refractivity contribution in [2.45, 2.75) is 26.8 Å². The second-order valence-electron chi connectivity index (χ2n) is 6.45. The zero-order chi connectivity index (χ0) is 19.8. The van der Waals surface area contributed by atoms with Gasteiger partial charge in [0.2, 0.25) is 0 Å². The molecule has 0 saturated heterocycles. The highest BCUT2D eigenvalue weighted by Gasteiger charge is 2.10. The first-order valence-corrected chi connectivity index (χ1v) is 9.49. The third-order valence-electron chi connectivity index (χ3n) is 4.39. The van der Waals surface area contributed by atoms with E-state index >= 15 is 0 Å². The number of rotatable bonds is 8. The minimum atomic E-state index is -0.259. The third kappa shape index (κ3) is 5.13. The number of anilines is 1. The molecule has 0 unspecified atom stereocenters. The topological polar surface area (TPSA) is 68.2 Å². The maximum absolute atomic E-state index is 12.2. The van der Waals surface area contributed by atoms with Gasteiger partial charge in [0.05, 0.1) is 12.3 Å². The lowest BCUT2D eigenvalue weighted by Gasteiger charge is -2.13. The molecule has 0 aliphatic carbocycles. The number of imidazole rings is 1. The molecule has 2 amide bonds. The van der Waals surface area contributed by atoms with Gasteiger partial charge in [0.15, 0.2) is 0 Å². The van der Waals surface area contributed by atoms with E-state index in [1.807, 2.05) is 62.5 Å². The van der Waals surface area contributed by atoms with Gasteiger partial charge in [-0.05, 0) is 31.5 Å². The van der Waals surface area contributed by atoms with Crippen LogP contribution in [0.15, 0.2) is 60.8 Å². The predicted molar refractivity (Wildman–Crippen MR) is 111 cm³/mol. The number of ether oxygens (including phenoxy) is 1. The van der Waals surface area contributed by atoms with Gasteiger partial charge >= 0.3 is 6.03 Å². The highest BCUT2D eigenvalue weighted by molar-refractivity contribution is 5.90. The smallest absolute Gasteiger partial charge is 0.319 e. The number of benzene rings is 2. The van der Waals surface area contributed by atoms with E-state index < -0.39 is 0 Å². The van der Waals surface area contributed by atoms with E-state index in [9.17, 15) is 4.79 Å². The second kappa shape index (κ2) is 9.60. The highest BCUT2D eigenvalue weighted by Crippen LogP contribution is 2.23. The number of para-hydroxylation sites is 2. The fraction of sp³-hybridized carbons (Fsp3) is 0.273. The molecular formula is C22H26N4O2. The van der Waals surface area contributed by atoms with Gasteiger partial charge < -0.3 is 19.9 Å². The number of carbonyl (C=O) groups is 1. The molecule has 0 atom stereocenters. The van der Waals surface area contributed by atoms with Crippen molar-refractivity contribution in [3.05, 3.63) is 77.9 Å². The number of aromatic nitrogens is 2. The Hall–Kier alpha value is -3.28. The van der Waals surface area contributed by atoms with Crippen LogP contribution in [-0.2, 0) is 13.0 Å². The maximum Gasteiger partial charge on any atom is 0.319 e. The summed E-state index contributed by atoms with van der Waals surface area (Å²) in [5.41, 5.74) is 2.99. The van der Waals surface area contributed by atoms with Crippen LogP contribution in [0.4, 0.5) is 10.5 Å². The number of hydrogen-bond donors (Lipinski definition) is 2. The van der Waals surface area contributed by atoms with Crippen LogP contribution in [0.2, 0.25) is 0 Å². The van der Waals surface area contributed by atoms with Crippen molar-refractivity contribution in [2.24, 2.45) is 0 Å². The summed E-state index contributed by atoms with van der Waals surface area (Å²) < 4.78 is 7.71. The molecule has 6 nitrogen and oxygen atoms in total. The van der Waals surface area contributed by atoms with Crippen LogP contribution in [0.5, 0.6) is 5.75 Å². The van der Waals surface area contributed by atoms with Gasteiger partial charge in [-0.15, -0.1) is 0 Å². The average Bonchev–Trinajstić information content (AvgIpc) is 3.04. The van der Waals surface area contributed by atoms with Gasteiger partial charge in [-0.2, -0.15) is 0 Å². The Morgan fingerprint density at radius 2 is 1.86 bits per heavy atom. The summed E-state index contributed by atoms with van der Waals surface area (Å²) in [5.74, 6) is 1.62. The number of aryl methyl sites for hydroxylation is 1. The van der Waals surface area contributed by atoms with Crippen molar-refractivity contribution in [2.75, 3.05) is 18.5 Å². The Balaban J connectivity index is 1.55. The molecule has 0 saturated carbocycles. The lowest BCUT2D eigenvalue weighted by atomic mass is 10.2. The molecule has 3 rings (SSSR count). The van der Waals surface area contributed by atoms with Crippen LogP contribution in [0.1, 0.15) is 24.0 Å². The Kier molecular flexibility index (Phi) is 6.68. The molecule has 3 aromatic rings. The van der Waals surface area contributed by atoms with Gasteiger partial charge in [-0.3, -0.25) is 0 Å². The molecule has 146 valence electrons. The first kappa shape index (κ1) is 19.5. The molecule has 0 aliphatic heterocycles. The van der Waals surface area contributed by atoms with Crippen LogP contribution in [0.3, 0.4) is 0 Å². The second-order valence-corrected chi connectivity index (χ2v) is 6.45. The Morgan fingerprint density at radius 3 is 2.64 bits per heavy atom. The number of nitrogens with one attached hydrogen (secondary N) is 2. The zero-order valence-electron chi connectivity index (χ0n) is 16.3. The molecule has 0 bridgehead atoms. The number of amides is 2. The summed E-state index contributed by atoms with van der Waals surface area (Å²) in [6, 6.07) is 17.4. The Labute approximate surface area is 165 Å². The van der Waals surface area contributed by atoms with E-state index in [2.05, 4.69) is 32.3 Å². The van der Waals surface area contributed by atoms with Gasteiger partial charge in [0.1, 0.15) is 11.6 Å². The van der Waals surface area contributed by atoms with E-state index in [0.29, 0.717) is 31.0 Å². The monoisotopic (exact) mass is 378 g/mol. The zero-order valence-corrected chi connectivity index (χ0v) is 16.3. The number of hydrogen-bond acceptors (Lipinski definition) is 3. The molecule has 1 aromatic heterocycles. The van der Waals surface area contributed by atoms with Crippen LogP contribution >= 0.6 is 0 Å². The quantitative estimate of drug-likeness (QED) is 0.622. The van der Waals surface area contributed by atoms with Gasteiger partial charge in [-0.25, -0.2) is 9.78 Å². The molecule has 28 heavy (non-hydrogen) atoms. The summed E-state index contributed by atoms with van der Waals surface area (Å²) in [6.07, 6.45) is 2.53. The van der Waals surface area contributed by atoms with Crippen LogP contribution in [0, 0.1) is 6.92 Å². The fourth-order valence-electron chi connectivity index (χ4n) is 3.00. The predicted octanol–water partition coefficient (Wildman–Crippen LogP) is 4.00.